The minimum Gasteiger partial charge on any atom is -0.493 e. The summed E-state index contributed by atoms with van der Waals surface area (Å²) in [6.07, 6.45) is 4.06. The van der Waals surface area contributed by atoms with Crippen LogP contribution in [0.3, 0.4) is 0 Å². The summed E-state index contributed by atoms with van der Waals surface area (Å²) in [6.45, 7) is 0.805. The smallest absolute Gasteiger partial charge is 0.134 e. The molecule has 1 heterocycles. The molecule has 0 amide bonds. The third kappa shape index (κ3) is 1.78. The summed E-state index contributed by atoms with van der Waals surface area (Å²) >= 11 is 0. The maximum atomic E-state index is 5.79. The first-order chi connectivity index (χ1) is 7.83. The number of benzene rings is 1. The Balaban J connectivity index is 1.91. The van der Waals surface area contributed by atoms with Crippen molar-refractivity contribution >= 4 is 16.7 Å². The van der Waals surface area contributed by atoms with E-state index in [-0.39, 0.29) is 0 Å². The molecule has 1 fully saturated rings. The fourth-order valence-corrected chi connectivity index (χ4v) is 1.64. The van der Waals surface area contributed by atoms with Crippen LogP contribution in [0.1, 0.15) is 12.8 Å². The van der Waals surface area contributed by atoms with Gasteiger partial charge in [-0.15, -0.1) is 0 Å². The van der Waals surface area contributed by atoms with E-state index < -0.39 is 0 Å². The van der Waals surface area contributed by atoms with E-state index >= 15 is 0 Å². The fourth-order valence-electron chi connectivity index (χ4n) is 1.64. The molecule has 0 saturated heterocycles. The van der Waals surface area contributed by atoms with Gasteiger partial charge < -0.3 is 10.5 Å². The van der Waals surface area contributed by atoms with E-state index in [2.05, 4.69) is 9.97 Å². The summed E-state index contributed by atoms with van der Waals surface area (Å²) in [5.41, 5.74) is 6.64. The number of nitrogens with zero attached hydrogens (tertiary/aromatic N) is 2. The van der Waals surface area contributed by atoms with Crippen LogP contribution in [0.15, 0.2) is 24.5 Å². The van der Waals surface area contributed by atoms with Crippen LogP contribution in [0.2, 0.25) is 0 Å². The van der Waals surface area contributed by atoms with Gasteiger partial charge in [-0.25, -0.2) is 9.97 Å². The molecule has 1 aliphatic carbocycles. The van der Waals surface area contributed by atoms with Gasteiger partial charge in [-0.3, -0.25) is 0 Å². The van der Waals surface area contributed by atoms with E-state index in [0.29, 0.717) is 5.82 Å². The lowest BCUT2D eigenvalue weighted by Crippen LogP contribution is -1.99. The zero-order valence-electron chi connectivity index (χ0n) is 8.89. The normalized spacial score (nSPS) is 15.2. The molecular formula is C12H13N3O. The lowest BCUT2D eigenvalue weighted by molar-refractivity contribution is 0.300. The van der Waals surface area contributed by atoms with Gasteiger partial charge in [0.25, 0.3) is 0 Å². The maximum Gasteiger partial charge on any atom is 0.134 e. The predicted octanol–water partition coefficient (Wildman–Crippen LogP) is 2.00. The van der Waals surface area contributed by atoms with E-state index in [1.54, 1.807) is 0 Å². The molecule has 3 rings (SSSR count). The molecule has 0 bridgehead atoms. The Hall–Kier alpha value is -1.84. The zero-order chi connectivity index (χ0) is 11.0. The average Bonchev–Trinajstić information content (AvgIpc) is 3.11. The lowest BCUT2D eigenvalue weighted by Gasteiger charge is -2.06. The standard InChI is InChI=1S/C12H13N3O/c13-12-10-5-9(16-6-8-1-2-8)3-4-11(10)14-7-15-12/h3-5,7-8H,1-2,6H2,(H2,13,14,15). The number of ether oxygens (including phenoxy) is 1. The molecule has 4 heteroatoms. The number of hydrogen-bond donors (Lipinski definition) is 1. The zero-order valence-corrected chi connectivity index (χ0v) is 8.89. The minimum absolute atomic E-state index is 0.502. The highest BCUT2D eigenvalue weighted by Gasteiger charge is 2.21. The molecule has 0 aliphatic heterocycles. The van der Waals surface area contributed by atoms with Gasteiger partial charge in [0.1, 0.15) is 17.9 Å². The molecular weight excluding hydrogens is 202 g/mol. The van der Waals surface area contributed by atoms with Gasteiger partial charge in [0.2, 0.25) is 0 Å². The van der Waals surface area contributed by atoms with Crippen LogP contribution in [-0.2, 0) is 0 Å². The molecule has 2 N–H and O–H groups in total. The number of nitrogens with two attached hydrogens (primary N) is 1. The summed E-state index contributed by atoms with van der Waals surface area (Å²) in [5.74, 6) is 2.10. The first-order valence-electron chi connectivity index (χ1n) is 5.46. The number of aromatic nitrogens is 2. The molecule has 2 aromatic rings. The van der Waals surface area contributed by atoms with Crippen LogP contribution in [0.4, 0.5) is 5.82 Å². The van der Waals surface area contributed by atoms with Gasteiger partial charge in [-0.05, 0) is 37.0 Å². The van der Waals surface area contributed by atoms with Crippen LogP contribution in [0, 0.1) is 5.92 Å². The first-order valence-corrected chi connectivity index (χ1v) is 5.46. The SMILES string of the molecule is Nc1ncnc2ccc(OCC3CC3)cc12. The number of nitrogen functional groups attached to an aromatic ring is 1. The third-order valence-electron chi connectivity index (χ3n) is 2.82. The van der Waals surface area contributed by atoms with Crippen molar-refractivity contribution in [3.8, 4) is 5.75 Å². The highest BCUT2D eigenvalue weighted by Crippen LogP contribution is 2.30. The Morgan fingerprint density at radius 3 is 3.00 bits per heavy atom. The minimum atomic E-state index is 0.502. The number of anilines is 1. The highest BCUT2D eigenvalue weighted by atomic mass is 16.5. The topological polar surface area (TPSA) is 61.0 Å². The van der Waals surface area contributed by atoms with Gasteiger partial charge >= 0.3 is 0 Å². The molecule has 1 aromatic heterocycles. The van der Waals surface area contributed by atoms with Gasteiger partial charge in [-0.1, -0.05) is 0 Å². The lowest BCUT2D eigenvalue weighted by atomic mass is 10.2. The highest BCUT2D eigenvalue weighted by molar-refractivity contribution is 5.88. The van der Waals surface area contributed by atoms with Gasteiger partial charge in [-0.2, -0.15) is 0 Å². The van der Waals surface area contributed by atoms with E-state index in [4.69, 9.17) is 10.5 Å². The fraction of sp³-hybridized carbons (Fsp3) is 0.333. The molecule has 0 radical (unpaired) electrons. The van der Waals surface area contributed by atoms with Crippen LogP contribution in [0.25, 0.3) is 10.9 Å². The van der Waals surface area contributed by atoms with Crippen molar-refractivity contribution in [3.63, 3.8) is 0 Å². The predicted molar refractivity (Wildman–Crippen MR) is 62.2 cm³/mol. The van der Waals surface area contributed by atoms with Crippen molar-refractivity contribution in [2.75, 3.05) is 12.3 Å². The summed E-state index contributed by atoms with van der Waals surface area (Å²) < 4.78 is 5.68. The second-order valence-electron chi connectivity index (χ2n) is 4.19. The average molecular weight is 215 g/mol. The van der Waals surface area contributed by atoms with Crippen LogP contribution >= 0.6 is 0 Å². The van der Waals surface area contributed by atoms with E-state index in [9.17, 15) is 0 Å². The Morgan fingerprint density at radius 1 is 1.31 bits per heavy atom. The summed E-state index contributed by atoms with van der Waals surface area (Å²) in [4.78, 5) is 8.11. The molecule has 4 nitrogen and oxygen atoms in total. The van der Waals surface area contributed by atoms with Crippen LogP contribution < -0.4 is 10.5 Å². The monoisotopic (exact) mass is 215 g/mol. The molecule has 1 aromatic carbocycles. The maximum absolute atomic E-state index is 5.79. The number of hydrogen-bond acceptors (Lipinski definition) is 4. The molecule has 16 heavy (non-hydrogen) atoms. The molecule has 82 valence electrons. The Labute approximate surface area is 93.5 Å². The number of fused-ring (bicyclic) bond motifs is 1. The summed E-state index contributed by atoms with van der Waals surface area (Å²) in [5, 5.41) is 0.857. The van der Waals surface area contributed by atoms with Crippen molar-refractivity contribution in [3.05, 3.63) is 24.5 Å². The van der Waals surface area contributed by atoms with Crippen LogP contribution in [0.5, 0.6) is 5.75 Å². The second kappa shape index (κ2) is 3.63. The van der Waals surface area contributed by atoms with Crippen LogP contribution in [-0.4, -0.2) is 16.6 Å². The third-order valence-corrected chi connectivity index (χ3v) is 2.82. The molecule has 0 spiro atoms. The molecule has 1 saturated carbocycles. The Kier molecular flexibility index (Phi) is 2.13. The quantitative estimate of drug-likeness (QED) is 0.850. The van der Waals surface area contributed by atoms with E-state index in [0.717, 1.165) is 29.2 Å². The summed E-state index contributed by atoms with van der Waals surface area (Å²) in [7, 11) is 0. The summed E-state index contributed by atoms with van der Waals surface area (Å²) in [6, 6.07) is 5.75. The Bertz CT molecular complexity index is 523. The Morgan fingerprint density at radius 2 is 2.19 bits per heavy atom. The molecule has 0 atom stereocenters. The molecule has 1 aliphatic rings. The first kappa shape index (κ1) is 9.39. The number of rotatable bonds is 3. The van der Waals surface area contributed by atoms with E-state index in [1.165, 1.54) is 19.2 Å². The largest absolute Gasteiger partial charge is 0.493 e. The van der Waals surface area contributed by atoms with Crippen molar-refractivity contribution in [1.82, 2.24) is 9.97 Å². The van der Waals surface area contributed by atoms with Gasteiger partial charge in [0.05, 0.1) is 12.1 Å². The van der Waals surface area contributed by atoms with Crippen molar-refractivity contribution in [1.29, 1.82) is 0 Å². The second-order valence-corrected chi connectivity index (χ2v) is 4.19. The van der Waals surface area contributed by atoms with Gasteiger partial charge in [0, 0.05) is 5.39 Å². The van der Waals surface area contributed by atoms with Crippen molar-refractivity contribution in [2.45, 2.75) is 12.8 Å². The van der Waals surface area contributed by atoms with E-state index in [1.807, 2.05) is 18.2 Å². The van der Waals surface area contributed by atoms with Gasteiger partial charge in [0.15, 0.2) is 0 Å². The van der Waals surface area contributed by atoms with Crippen molar-refractivity contribution < 1.29 is 4.74 Å². The van der Waals surface area contributed by atoms with Crippen molar-refractivity contribution in [2.24, 2.45) is 5.92 Å². The molecule has 0 unspecified atom stereocenters.